The second kappa shape index (κ2) is 4.04. The summed E-state index contributed by atoms with van der Waals surface area (Å²) < 4.78 is 0. The molecule has 1 aromatic rings. The average molecular weight is 235 g/mol. The molecule has 1 aliphatic rings. The number of H-pyrrole nitrogens is 1. The van der Waals surface area contributed by atoms with E-state index in [1.165, 1.54) is 17.2 Å². The molecule has 17 heavy (non-hydrogen) atoms. The van der Waals surface area contributed by atoms with Gasteiger partial charge in [-0.05, 0) is 18.9 Å². The van der Waals surface area contributed by atoms with Crippen LogP contribution in [0.3, 0.4) is 0 Å². The first-order valence-corrected chi connectivity index (χ1v) is 5.30. The lowest BCUT2D eigenvalue weighted by molar-refractivity contribution is 0.0783. The van der Waals surface area contributed by atoms with Crippen LogP contribution in [0.2, 0.25) is 0 Å². The molecule has 0 bridgehead atoms. The van der Waals surface area contributed by atoms with Gasteiger partial charge in [-0.1, -0.05) is 0 Å². The summed E-state index contributed by atoms with van der Waals surface area (Å²) in [5.74, 6) is -1.05. The normalized spacial score (nSPS) is 14.4. The van der Waals surface area contributed by atoms with E-state index in [0.29, 0.717) is 0 Å². The van der Waals surface area contributed by atoms with Crippen LogP contribution in [0.5, 0.6) is 0 Å². The fourth-order valence-corrected chi connectivity index (χ4v) is 1.60. The van der Waals surface area contributed by atoms with E-state index in [0.717, 1.165) is 12.8 Å². The fraction of sp³-hybridized carbons (Fsp3) is 0.364. The molecular formula is C11H13N3O3. The molecule has 90 valence electrons. The van der Waals surface area contributed by atoms with Gasteiger partial charge in [-0.2, -0.15) is 0 Å². The maximum absolute atomic E-state index is 12.0. The highest BCUT2D eigenvalue weighted by atomic mass is 16.2. The smallest absolute Gasteiger partial charge is 0.260 e. The van der Waals surface area contributed by atoms with Crippen LogP contribution >= 0.6 is 0 Å². The van der Waals surface area contributed by atoms with E-state index in [2.05, 4.69) is 4.98 Å². The third-order valence-corrected chi connectivity index (χ3v) is 2.83. The van der Waals surface area contributed by atoms with Crippen LogP contribution in [0.4, 0.5) is 0 Å². The van der Waals surface area contributed by atoms with Crippen molar-refractivity contribution in [2.24, 2.45) is 5.73 Å². The van der Waals surface area contributed by atoms with Gasteiger partial charge in [-0.15, -0.1) is 0 Å². The number of rotatable bonds is 3. The molecule has 1 aromatic heterocycles. The molecule has 1 saturated carbocycles. The van der Waals surface area contributed by atoms with Crippen LogP contribution in [0.15, 0.2) is 17.1 Å². The Morgan fingerprint density at radius 3 is 2.65 bits per heavy atom. The van der Waals surface area contributed by atoms with Crippen LogP contribution in [0, 0.1) is 0 Å². The van der Waals surface area contributed by atoms with Crippen molar-refractivity contribution >= 4 is 11.8 Å². The Balaban J connectivity index is 2.36. The molecule has 0 aromatic carbocycles. The topological polar surface area (TPSA) is 96.3 Å². The predicted molar refractivity (Wildman–Crippen MR) is 60.7 cm³/mol. The minimum atomic E-state index is -0.677. The number of carbonyl (C=O) groups is 2. The minimum absolute atomic E-state index is 0.0456. The molecule has 2 rings (SSSR count). The third kappa shape index (κ3) is 2.20. The first kappa shape index (κ1) is 11.4. The van der Waals surface area contributed by atoms with E-state index in [9.17, 15) is 14.4 Å². The summed E-state index contributed by atoms with van der Waals surface area (Å²) in [5, 5.41) is 0. The molecule has 0 unspecified atom stereocenters. The summed E-state index contributed by atoms with van der Waals surface area (Å²) in [6, 6.07) is 1.45. The van der Waals surface area contributed by atoms with E-state index in [1.54, 1.807) is 7.05 Å². The van der Waals surface area contributed by atoms with Crippen molar-refractivity contribution in [2.45, 2.75) is 18.9 Å². The molecular weight excluding hydrogens is 222 g/mol. The van der Waals surface area contributed by atoms with E-state index >= 15 is 0 Å². The number of nitrogens with one attached hydrogen (secondary N) is 1. The standard InChI is InChI=1S/C11H13N3O3/c1-14(7-2-3-7)11(17)8-4-6(9(12)15)5-13-10(8)16/h4-5,7H,2-3H2,1H3,(H2,12,15)(H,13,16). The SMILES string of the molecule is CN(C(=O)c1cc(C(N)=O)c[nH]c1=O)C1CC1. The molecule has 1 fully saturated rings. The zero-order valence-electron chi connectivity index (χ0n) is 9.40. The second-order valence-corrected chi connectivity index (χ2v) is 4.14. The zero-order valence-corrected chi connectivity index (χ0v) is 9.40. The number of pyridine rings is 1. The molecule has 0 radical (unpaired) electrons. The Bertz CT molecular complexity index is 531. The molecule has 0 spiro atoms. The number of nitrogens with zero attached hydrogens (tertiary/aromatic N) is 1. The van der Waals surface area contributed by atoms with Crippen LogP contribution < -0.4 is 11.3 Å². The predicted octanol–water partition coefficient (Wildman–Crippen LogP) is -0.292. The van der Waals surface area contributed by atoms with Gasteiger partial charge in [0, 0.05) is 19.3 Å². The summed E-state index contributed by atoms with van der Waals surface area (Å²) in [4.78, 5) is 38.3. The summed E-state index contributed by atoms with van der Waals surface area (Å²) >= 11 is 0. The number of hydrogen-bond acceptors (Lipinski definition) is 3. The van der Waals surface area contributed by atoms with Gasteiger partial charge < -0.3 is 15.6 Å². The molecule has 3 N–H and O–H groups in total. The lowest BCUT2D eigenvalue weighted by Crippen LogP contribution is -2.33. The molecule has 1 heterocycles. The lowest BCUT2D eigenvalue weighted by atomic mass is 10.1. The van der Waals surface area contributed by atoms with Crippen LogP contribution in [-0.4, -0.2) is 34.8 Å². The van der Waals surface area contributed by atoms with Crippen molar-refractivity contribution in [3.8, 4) is 0 Å². The highest BCUT2D eigenvalue weighted by molar-refractivity contribution is 5.98. The monoisotopic (exact) mass is 235 g/mol. The lowest BCUT2D eigenvalue weighted by Gasteiger charge is -2.15. The summed E-state index contributed by atoms with van der Waals surface area (Å²) in [6.45, 7) is 0. The molecule has 0 saturated heterocycles. The van der Waals surface area contributed by atoms with Crippen LogP contribution in [-0.2, 0) is 0 Å². The zero-order chi connectivity index (χ0) is 12.6. The molecule has 2 amide bonds. The maximum Gasteiger partial charge on any atom is 0.260 e. The Morgan fingerprint density at radius 1 is 1.47 bits per heavy atom. The van der Waals surface area contributed by atoms with Crippen molar-refractivity contribution < 1.29 is 9.59 Å². The van der Waals surface area contributed by atoms with Gasteiger partial charge >= 0.3 is 0 Å². The van der Waals surface area contributed by atoms with E-state index in [4.69, 9.17) is 5.73 Å². The van der Waals surface area contributed by atoms with Crippen molar-refractivity contribution in [3.63, 3.8) is 0 Å². The van der Waals surface area contributed by atoms with Crippen LogP contribution in [0.25, 0.3) is 0 Å². The maximum atomic E-state index is 12.0. The molecule has 0 aliphatic heterocycles. The minimum Gasteiger partial charge on any atom is -0.366 e. The first-order valence-electron chi connectivity index (χ1n) is 5.30. The quantitative estimate of drug-likeness (QED) is 0.753. The number of hydrogen-bond donors (Lipinski definition) is 2. The van der Waals surface area contributed by atoms with Crippen molar-refractivity contribution in [2.75, 3.05) is 7.05 Å². The Hall–Kier alpha value is -2.11. The van der Waals surface area contributed by atoms with E-state index in [1.807, 2.05) is 0 Å². The summed E-state index contributed by atoms with van der Waals surface area (Å²) in [7, 11) is 1.65. The van der Waals surface area contributed by atoms with Gasteiger partial charge in [0.25, 0.3) is 11.5 Å². The average Bonchev–Trinajstić information content (AvgIpc) is 3.11. The van der Waals surface area contributed by atoms with Crippen molar-refractivity contribution in [1.29, 1.82) is 0 Å². The Kier molecular flexibility index (Phi) is 2.71. The van der Waals surface area contributed by atoms with Gasteiger partial charge in [0.2, 0.25) is 5.91 Å². The van der Waals surface area contributed by atoms with Gasteiger partial charge in [0.15, 0.2) is 0 Å². The van der Waals surface area contributed by atoms with Crippen molar-refractivity contribution in [1.82, 2.24) is 9.88 Å². The van der Waals surface area contributed by atoms with E-state index < -0.39 is 11.5 Å². The van der Waals surface area contributed by atoms with Gasteiger partial charge in [-0.3, -0.25) is 14.4 Å². The Labute approximate surface area is 97.4 Å². The van der Waals surface area contributed by atoms with E-state index in [-0.39, 0.29) is 23.1 Å². The number of aromatic nitrogens is 1. The third-order valence-electron chi connectivity index (χ3n) is 2.83. The molecule has 1 aliphatic carbocycles. The molecule has 6 heteroatoms. The highest BCUT2D eigenvalue weighted by Crippen LogP contribution is 2.26. The second-order valence-electron chi connectivity index (χ2n) is 4.14. The van der Waals surface area contributed by atoms with Crippen molar-refractivity contribution in [3.05, 3.63) is 33.7 Å². The fourth-order valence-electron chi connectivity index (χ4n) is 1.60. The van der Waals surface area contributed by atoms with Gasteiger partial charge in [0.05, 0.1) is 5.56 Å². The number of nitrogens with two attached hydrogens (primary N) is 1. The number of amides is 2. The number of aromatic amines is 1. The van der Waals surface area contributed by atoms with Crippen LogP contribution in [0.1, 0.15) is 33.6 Å². The number of primary amides is 1. The van der Waals surface area contributed by atoms with Gasteiger partial charge in [-0.25, -0.2) is 0 Å². The summed E-state index contributed by atoms with van der Waals surface area (Å²) in [6.07, 6.45) is 3.11. The highest BCUT2D eigenvalue weighted by Gasteiger charge is 2.31. The Morgan fingerprint density at radius 2 is 2.12 bits per heavy atom. The van der Waals surface area contributed by atoms with Gasteiger partial charge in [0.1, 0.15) is 5.56 Å². The molecule has 0 atom stereocenters. The largest absolute Gasteiger partial charge is 0.366 e. The molecule has 6 nitrogen and oxygen atoms in total. The number of carbonyl (C=O) groups excluding carboxylic acids is 2. The first-order chi connectivity index (χ1) is 8.00. The summed E-state index contributed by atoms with van der Waals surface area (Å²) in [5.41, 5.74) is 4.67.